The van der Waals surface area contributed by atoms with Gasteiger partial charge in [-0.2, -0.15) is 0 Å². The summed E-state index contributed by atoms with van der Waals surface area (Å²) in [4.78, 5) is 11.4. The molecule has 94 valence electrons. The number of rotatable bonds is 4. The summed E-state index contributed by atoms with van der Waals surface area (Å²) in [5.74, 6) is -0.0674. The average molecular weight is 255 g/mol. The van der Waals surface area contributed by atoms with Gasteiger partial charge in [0.1, 0.15) is 0 Å². The highest BCUT2D eigenvalue weighted by molar-refractivity contribution is 5.85. The van der Waals surface area contributed by atoms with Gasteiger partial charge in [-0.25, -0.2) is 0 Å². The standard InChI is InChI=1S/C13H18N2O.ClH/c1-10(14)12(16)15-9-13(7-8-13)11-5-3-2-4-6-11;/h2-6,10H,7-9,14H2,1H3,(H,15,16);1H/t10-;/m0./s1. The molecule has 0 bridgehead atoms. The smallest absolute Gasteiger partial charge is 0.236 e. The van der Waals surface area contributed by atoms with E-state index in [2.05, 4.69) is 17.4 Å². The van der Waals surface area contributed by atoms with E-state index < -0.39 is 6.04 Å². The van der Waals surface area contributed by atoms with Crippen LogP contribution in [0.2, 0.25) is 0 Å². The SMILES string of the molecule is C[C@H](N)C(=O)NCC1(c2ccccc2)CC1.Cl. The minimum absolute atomic E-state index is 0. The number of amides is 1. The lowest BCUT2D eigenvalue weighted by molar-refractivity contribution is -0.122. The predicted octanol–water partition coefficient (Wildman–Crippen LogP) is 1.60. The number of nitrogens with one attached hydrogen (secondary N) is 1. The molecule has 1 amide bonds. The molecule has 0 aromatic heterocycles. The molecule has 0 spiro atoms. The van der Waals surface area contributed by atoms with E-state index in [9.17, 15) is 4.79 Å². The Morgan fingerprint density at radius 3 is 2.47 bits per heavy atom. The first-order valence-electron chi connectivity index (χ1n) is 5.73. The molecule has 1 fully saturated rings. The van der Waals surface area contributed by atoms with Crippen LogP contribution in [0.1, 0.15) is 25.3 Å². The van der Waals surface area contributed by atoms with Gasteiger partial charge < -0.3 is 11.1 Å². The van der Waals surface area contributed by atoms with Crippen molar-refractivity contribution in [1.82, 2.24) is 5.32 Å². The average Bonchev–Trinajstić information content (AvgIpc) is 3.08. The van der Waals surface area contributed by atoms with Gasteiger partial charge in [0, 0.05) is 12.0 Å². The van der Waals surface area contributed by atoms with Crippen molar-refractivity contribution in [3.8, 4) is 0 Å². The lowest BCUT2D eigenvalue weighted by Gasteiger charge is -2.17. The first kappa shape index (κ1) is 14.0. The predicted molar refractivity (Wildman–Crippen MR) is 71.3 cm³/mol. The topological polar surface area (TPSA) is 55.1 Å². The van der Waals surface area contributed by atoms with Crippen LogP contribution >= 0.6 is 12.4 Å². The largest absolute Gasteiger partial charge is 0.354 e. The molecule has 1 aliphatic rings. The lowest BCUT2D eigenvalue weighted by atomic mass is 9.96. The monoisotopic (exact) mass is 254 g/mol. The Morgan fingerprint density at radius 2 is 2.00 bits per heavy atom. The first-order valence-corrected chi connectivity index (χ1v) is 5.73. The second-order valence-electron chi connectivity index (χ2n) is 4.65. The van der Waals surface area contributed by atoms with E-state index in [4.69, 9.17) is 5.73 Å². The third-order valence-corrected chi connectivity index (χ3v) is 3.25. The molecule has 0 aliphatic heterocycles. The quantitative estimate of drug-likeness (QED) is 0.858. The van der Waals surface area contributed by atoms with E-state index in [-0.39, 0.29) is 23.7 Å². The van der Waals surface area contributed by atoms with Gasteiger partial charge >= 0.3 is 0 Å². The minimum Gasteiger partial charge on any atom is -0.354 e. The Kier molecular flexibility index (Phi) is 4.54. The van der Waals surface area contributed by atoms with Crippen molar-refractivity contribution in [2.45, 2.75) is 31.2 Å². The Labute approximate surface area is 108 Å². The highest BCUT2D eigenvalue weighted by Gasteiger charge is 2.44. The summed E-state index contributed by atoms with van der Waals surface area (Å²) in [6.07, 6.45) is 2.30. The number of hydrogen-bond donors (Lipinski definition) is 2. The van der Waals surface area contributed by atoms with Crippen molar-refractivity contribution in [2.24, 2.45) is 5.73 Å². The normalized spacial score (nSPS) is 17.8. The summed E-state index contributed by atoms with van der Waals surface area (Å²) < 4.78 is 0. The van der Waals surface area contributed by atoms with E-state index in [1.165, 1.54) is 5.56 Å². The van der Waals surface area contributed by atoms with Crippen LogP contribution in [0.25, 0.3) is 0 Å². The first-order chi connectivity index (χ1) is 7.64. The Balaban J connectivity index is 0.00000144. The Hall–Kier alpha value is -1.06. The lowest BCUT2D eigenvalue weighted by Crippen LogP contribution is -2.41. The fourth-order valence-corrected chi connectivity index (χ4v) is 1.93. The zero-order chi connectivity index (χ0) is 11.6. The van der Waals surface area contributed by atoms with Gasteiger partial charge in [-0.1, -0.05) is 30.3 Å². The maximum atomic E-state index is 11.4. The third kappa shape index (κ3) is 3.20. The number of carbonyl (C=O) groups is 1. The van der Waals surface area contributed by atoms with Gasteiger partial charge in [-0.15, -0.1) is 12.4 Å². The Bertz CT molecular complexity index is 374. The molecular weight excluding hydrogens is 236 g/mol. The fourth-order valence-electron chi connectivity index (χ4n) is 1.93. The molecule has 0 heterocycles. The van der Waals surface area contributed by atoms with Crippen LogP contribution in [0.3, 0.4) is 0 Å². The van der Waals surface area contributed by atoms with Crippen molar-refractivity contribution in [2.75, 3.05) is 6.54 Å². The van der Waals surface area contributed by atoms with Crippen LogP contribution in [0.5, 0.6) is 0 Å². The minimum atomic E-state index is -0.424. The molecule has 1 aliphatic carbocycles. The number of hydrogen-bond acceptors (Lipinski definition) is 2. The highest BCUT2D eigenvalue weighted by atomic mass is 35.5. The zero-order valence-corrected chi connectivity index (χ0v) is 10.8. The molecule has 2 rings (SSSR count). The van der Waals surface area contributed by atoms with Gasteiger partial charge in [-0.05, 0) is 25.3 Å². The van der Waals surface area contributed by atoms with Crippen LogP contribution in [-0.2, 0) is 10.2 Å². The van der Waals surface area contributed by atoms with Crippen molar-refractivity contribution >= 4 is 18.3 Å². The molecule has 0 unspecified atom stereocenters. The van der Waals surface area contributed by atoms with E-state index in [1.54, 1.807) is 6.92 Å². The van der Waals surface area contributed by atoms with Crippen LogP contribution in [-0.4, -0.2) is 18.5 Å². The molecule has 17 heavy (non-hydrogen) atoms. The van der Waals surface area contributed by atoms with E-state index >= 15 is 0 Å². The number of halogens is 1. The molecule has 1 saturated carbocycles. The summed E-state index contributed by atoms with van der Waals surface area (Å²) in [6, 6.07) is 9.94. The number of benzene rings is 1. The van der Waals surface area contributed by atoms with Crippen LogP contribution in [0, 0.1) is 0 Å². The van der Waals surface area contributed by atoms with Gasteiger partial charge in [0.15, 0.2) is 0 Å². The summed E-state index contributed by atoms with van der Waals surface area (Å²) in [6.45, 7) is 2.41. The van der Waals surface area contributed by atoms with E-state index in [1.807, 2.05) is 18.2 Å². The van der Waals surface area contributed by atoms with Gasteiger partial charge in [-0.3, -0.25) is 4.79 Å². The second-order valence-corrected chi connectivity index (χ2v) is 4.65. The maximum absolute atomic E-state index is 11.4. The molecular formula is C13H19ClN2O. The summed E-state index contributed by atoms with van der Waals surface area (Å²) in [5, 5.41) is 2.92. The molecule has 4 heteroatoms. The van der Waals surface area contributed by atoms with Crippen LogP contribution in [0.4, 0.5) is 0 Å². The van der Waals surface area contributed by atoms with Crippen LogP contribution < -0.4 is 11.1 Å². The third-order valence-electron chi connectivity index (χ3n) is 3.25. The maximum Gasteiger partial charge on any atom is 0.236 e. The van der Waals surface area contributed by atoms with Gasteiger partial charge in [0.2, 0.25) is 5.91 Å². The molecule has 0 radical (unpaired) electrons. The summed E-state index contributed by atoms with van der Waals surface area (Å²) in [5.41, 5.74) is 7.00. The molecule has 0 saturated heterocycles. The van der Waals surface area contributed by atoms with E-state index in [0.717, 1.165) is 12.8 Å². The van der Waals surface area contributed by atoms with Crippen molar-refractivity contribution in [3.63, 3.8) is 0 Å². The molecule has 1 aromatic carbocycles. The Morgan fingerprint density at radius 1 is 1.41 bits per heavy atom. The van der Waals surface area contributed by atoms with Gasteiger partial charge in [0.25, 0.3) is 0 Å². The summed E-state index contributed by atoms with van der Waals surface area (Å²) in [7, 11) is 0. The molecule has 1 atom stereocenters. The van der Waals surface area contributed by atoms with Crippen molar-refractivity contribution in [1.29, 1.82) is 0 Å². The number of carbonyl (C=O) groups excluding carboxylic acids is 1. The highest BCUT2D eigenvalue weighted by Crippen LogP contribution is 2.47. The van der Waals surface area contributed by atoms with Crippen molar-refractivity contribution < 1.29 is 4.79 Å². The van der Waals surface area contributed by atoms with Crippen molar-refractivity contribution in [3.05, 3.63) is 35.9 Å². The molecule has 1 aromatic rings. The van der Waals surface area contributed by atoms with Crippen LogP contribution in [0.15, 0.2) is 30.3 Å². The zero-order valence-electron chi connectivity index (χ0n) is 9.98. The van der Waals surface area contributed by atoms with Gasteiger partial charge in [0.05, 0.1) is 6.04 Å². The molecule has 3 nitrogen and oxygen atoms in total. The van der Waals surface area contributed by atoms with E-state index in [0.29, 0.717) is 6.54 Å². The summed E-state index contributed by atoms with van der Waals surface area (Å²) >= 11 is 0. The number of nitrogens with two attached hydrogens (primary N) is 1. The second kappa shape index (κ2) is 5.52. The fraction of sp³-hybridized carbons (Fsp3) is 0.462. The molecule has 3 N–H and O–H groups in total.